The molecule has 0 atom stereocenters. The minimum Gasteiger partial charge on any atom is -0.478 e. The van der Waals surface area contributed by atoms with E-state index in [9.17, 15) is 10.1 Å². The van der Waals surface area contributed by atoms with Crippen molar-refractivity contribution >= 4 is 11.8 Å². The zero-order valence-corrected chi connectivity index (χ0v) is 11.8. The van der Waals surface area contributed by atoms with E-state index in [1.807, 2.05) is 20.0 Å². The number of hydrogen-bond donors (Lipinski definition) is 1. The van der Waals surface area contributed by atoms with Crippen LogP contribution in [0, 0.1) is 18.3 Å². The van der Waals surface area contributed by atoms with E-state index >= 15 is 0 Å². The molecule has 0 fully saturated rings. The Bertz CT molecular complexity index is 786. The highest BCUT2D eigenvalue weighted by atomic mass is 16.4. The second-order valence-corrected chi connectivity index (χ2v) is 5.16. The van der Waals surface area contributed by atoms with Crippen LogP contribution in [0.25, 0.3) is 0 Å². The van der Waals surface area contributed by atoms with E-state index < -0.39 is 5.97 Å². The van der Waals surface area contributed by atoms with E-state index in [4.69, 9.17) is 5.11 Å². The largest absolute Gasteiger partial charge is 0.478 e. The molecule has 0 bridgehead atoms. The molecule has 0 saturated carbocycles. The Kier molecular flexibility index (Phi) is 2.91. The van der Waals surface area contributed by atoms with E-state index in [0.29, 0.717) is 24.3 Å². The highest BCUT2D eigenvalue weighted by Gasteiger charge is 2.26. The van der Waals surface area contributed by atoms with Gasteiger partial charge in [0.1, 0.15) is 17.5 Å². The normalized spacial score (nSPS) is 13.1. The Labute approximate surface area is 121 Å². The summed E-state index contributed by atoms with van der Waals surface area (Å²) in [6.45, 7) is 3.06. The summed E-state index contributed by atoms with van der Waals surface area (Å²) in [6.07, 6.45) is 0. The van der Waals surface area contributed by atoms with Gasteiger partial charge in [-0.05, 0) is 30.2 Å². The Morgan fingerprint density at radius 2 is 2.10 bits per heavy atom. The molecule has 6 heteroatoms. The Morgan fingerprint density at radius 1 is 1.38 bits per heavy atom. The number of anilines is 1. The zero-order chi connectivity index (χ0) is 15.1. The van der Waals surface area contributed by atoms with Gasteiger partial charge in [-0.2, -0.15) is 10.4 Å². The molecule has 0 amide bonds. The summed E-state index contributed by atoms with van der Waals surface area (Å²) in [5, 5.41) is 22.7. The lowest BCUT2D eigenvalue weighted by Gasteiger charge is -2.17. The number of aryl methyl sites for hydroxylation is 2. The molecule has 3 rings (SSSR count). The van der Waals surface area contributed by atoms with Crippen molar-refractivity contribution < 1.29 is 9.90 Å². The first-order chi connectivity index (χ1) is 10.0. The van der Waals surface area contributed by atoms with Crippen LogP contribution in [0.2, 0.25) is 0 Å². The van der Waals surface area contributed by atoms with Gasteiger partial charge in [-0.25, -0.2) is 4.79 Å². The maximum atomic E-state index is 11.0. The minimum atomic E-state index is -0.926. The van der Waals surface area contributed by atoms with Gasteiger partial charge in [-0.15, -0.1) is 0 Å². The Morgan fingerprint density at radius 3 is 2.76 bits per heavy atom. The molecule has 106 valence electrons. The summed E-state index contributed by atoms with van der Waals surface area (Å²) in [6, 6.07) is 7.36. The SMILES string of the molecule is Cc1nn(C)c(N2Cc3ccc(C(=O)O)cc3C2)c1C#N. The number of carboxylic acid groups (broad SMARTS) is 1. The number of hydrogen-bond acceptors (Lipinski definition) is 4. The van der Waals surface area contributed by atoms with Crippen LogP contribution in [0.3, 0.4) is 0 Å². The number of benzene rings is 1. The molecule has 1 aromatic carbocycles. The van der Waals surface area contributed by atoms with Crippen LogP contribution in [0.4, 0.5) is 5.82 Å². The number of rotatable bonds is 2. The van der Waals surface area contributed by atoms with E-state index in [2.05, 4.69) is 16.1 Å². The smallest absolute Gasteiger partial charge is 0.335 e. The van der Waals surface area contributed by atoms with Crippen LogP contribution in [-0.2, 0) is 20.1 Å². The summed E-state index contributed by atoms with van der Waals surface area (Å²) in [4.78, 5) is 13.1. The molecule has 0 aliphatic carbocycles. The molecule has 2 heterocycles. The lowest BCUT2D eigenvalue weighted by Crippen LogP contribution is -2.19. The number of carboxylic acids is 1. The topological polar surface area (TPSA) is 82.2 Å². The van der Waals surface area contributed by atoms with Crippen LogP contribution in [-0.4, -0.2) is 20.9 Å². The van der Waals surface area contributed by atoms with Gasteiger partial charge in [-0.1, -0.05) is 6.07 Å². The maximum absolute atomic E-state index is 11.0. The quantitative estimate of drug-likeness (QED) is 0.908. The van der Waals surface area contributed by atoms with Crippen molar-refractivity contribution in [1.29, 1.82) is 5.26 Å². The van der Waals surface area contributed by atoms with Gasteiger partial charge in [0.15, 0.2) is 0 Å². The fourth-order valence-electron chi connectivity index (χ4n) is 2.82. The predicted molar refractivity (Wildman–Crippen MR) is 75.9 cm³/mol. The predicted octanol–water partition coefficient (Wildman–Crippen LogP) is 1.82. The third-order valence-corrected chi connectivity index (χ3v) is 3.78. The van der Waals surface area contributed by atoms with Crippen molar-refractivity contribution in [1.82, 2.24) is 9.78 Å². The van der Waals surface area contributed by atoms with Crippen molar-refractivity contribution in [2.24, 2.45) is 7.05 Å². The van der Waals surface area contributed by atoms with Crippen molar-refractivity contribution in [3.05, 3.63) is 46.1 Å². The Balaban J connectivity index is 1.99. The molecule has 1 aliphatic rings. The molecule has 2 aromatic rings. The monoisotopic (exact) mass is 282 g/mol. The van der Waals surface area contributed by atoms with Crippen molar-refractivity contribution in [3.63, 3.8) is 0 Å². The van der Waals surface area contributed by atoms with Gasteiger partial charge in [0.25, 0.3) is 0 Å². The van der Waals surface area contributed by atoms with Crippen LogP contribution < -0.4 is 4.90 Å². The number of nitriles is 1. The van der Waals surface area contributed by atoms with E-state index in [1.54, 1.807) is 16.8 Å². The van der Waals surface area contributed by atoms with E-state index in [0.717, 1.165) is 16.9 Å². The number of nitrogens with zero attached hydrogens (tertiary/aromatic N) is 4. The van der Waals surface area contributed by atoms with Crippen molar-refractivity contribution in [3.8, 4) is 6.07 Å². The molecular formula is C15H14N4O2. The lowest BCUT2D eigenvalue weighted by atomic mass is 10.1. The summed E-state index contributed by atoms with van der Waals surface area (Å²) in [5.41, 5.74) is 3.64. The van der Waals surface area contributed by atoms with Crippen molar-refractivity contribution in [2.45, 2.75) is 20.0 Å². The molecular weight excluding hydrogens is 268 g/mol. The van der Waals surface area contributed by atoms with Gasteiger partial charge in [0.2, 0.25) is 0 Å². The van der Waals surface area contributed by atoms with Gasteiger partial charge < -0.3 is 10.0 Å². The fourth-order valence-corrected chi connectivity index (χ4v) is 2.82. The minimum absolute atomic E-state index is 0.289. The summed E-state index contributed by atoms with van der Waals surface area (Å²) >= 11 is 0. The standard InChI is InChI=1S/C15H14N4O2/c1-9-13(6-16)14(18(2)17-9)19-7-11-4-3-10(15(20)21)5-12(11)8-19/h3-5H,7-8H2,1-2H3,(H,20,21). The number of carbonyl (C=O) groups is 1. The number of aromatic carboxylic acids is 1. The summed E-state index contributed by atoms with van der Waals surface area (Å²) in [5.74, 6) is -0.145. The van der Waals surface area contributed by atoms with E-state index in [1.165, 1.54) is 0 Å². The van der Waals surface area contributed by atoms with E-state index in [-0.39, 0.29) is 5.56 Å². The summed E-state index contributed by atoms with van der Waals surface area (Å²) in [7, 11) is 1.81. The Hall–Kier alpha value is -2.81. The molecule has 1 N–H and O–H groups in total. The van der Waals surface area contributed by atoms with Crippen LogP contribution in [0.5, 0.6) is 0 Å². The van der Waals surface area contributed by atoms with Gasteiger partial charge in [-0.3, -0.25) is 4.68 Å². The molecule has 6 nitrogen and oxygen atoms in total. The molecule has 1 aromatic heterocycles. The molecule has 1 aliphatic heterocycles. The molecule has 0 radical (unpaired) electrons. The van der Waals surface area contributed by atoms with Crippen molar-refractivity contribution in [2.75, 3.05) is 4.90 Å². The highest BCUT2D eigenvalue weighted by Crippen LogP contribution is 2.31. The maximum Gasteiger partial charge on any atom is 0.335 e. The second-order valence-electron chi connectivity index (χ2n) is 5.16. The second kappa shape index (κ2) is 4.63. The third-order valence-electron chi connectivity index (χ3n) is 3.78. The lowest BCUT2D eigenvalue weighted by molar-refractivity contribution is 0.0697. The molecule has 0 unspecified atom stereocenters. The zero-order valence-electron chi connectivity index (χ0n) is 11.8. The average Bonchev–Trinajstić information content (AvgIpc) is 2.97. The first-order valence-electron chi connectivity index (χ1n) is 6.55. The van der Waals surface area contributed by atoms with Gasteiger partial charge in [0, 0.05) is 20.1 Å². The molecule has 21 heavy (non-hydrogen) atoms. The first kappa shape index (κ1) is 13.2. The average molecular weight is 282 g/mol. The number of aromatic nitrogens is 2. The number of fused-ring (bicyclic) bond motifs is 1. The third kappa shape index (κ3) is 2.03. The van der Waals surface area contributed by atoms with Crippen LogP contribution >= 0.6 is 0 Å². The van der Waals surface area contributed by atoms with Crippen LogP contribution in [0.15, 0.2) is 18.2 Å². The molecule has 0 saturated heterocycles. The molecule has 0 spiro atoms. The van der Waals surface area contributed by atoms with Gasteiger partial charge in [0.05, 0.1) is 11.3 Å². The van der Waals surface area contributed by atoms with Crippen LogP contribution in [0.1, 0.15) is 32.7 Å². The first-order valence-corrected chi connectivity index (χ1v) is 6.55. The highest BCUT2D eigenvalue weighted by molar-refractivity contribution is 5.88. The van der Waals surface area contributed by atoms with Gasteiger partial charge >= 0.3 is 5.97 Å². The summed E-state index contributed by atoms with van der Waals surface area (Å²) < 4.78 is 1.71. The fraction of sp³-hybridized carbons (Fsp3) is 0.267.